The molecule has 1 fully saturated rings. The van der Waals surface area contributed by atoms with Gasteiger partial charge in [0.25, 0.3) is 0 Å². The van der Waals surface area contributed by atoms with Gasteiger partial charge in [0.05, 0.1) is 17.8 Å². The van der Waals surface area contributed by atoms with Crippen molar-refractivity contribution in [2.75, 3.05) is 6.54 Å². The van der Waals surface area contributed by atoms with Crippen molar-refractivity contribution in [3.63, 3.8) is 0 Å². The Bertz CT molecular complexity index is 949. The Labute approximate surface area is 175 Å². The van der Waals surface area contributed by atoms with Gasteiger partial charge in [0.15, 0.2) is 10.2 Å². The zero-order chi connectivity index (χ0) is 19.7. The molecule has 0 unspecified atom stereocenters. The fourth-order valence-electron chi connectivity index (χ4n) is 4.02. The van der Waals surface area contributed by atoms with Crippen molar-refractivity contribution in [3.8, 4) is 5.13 Å². The first-order valence-electron chi connectivity index (χ1n) is 9.68. The van der Waals surface area contributed by atoms with Crippen LogP contribution in [0.5, 0.6) is 0 Å². The Kier molecular flexibility index (Phi) is 5.46. The van der Waals surface area contributed by atoms with Gasteiger partial charge in [-0.05, 0) is 56.2 Å². The van der Waals surface area contributed by atoms with Crippen molar-refractivity contribution in [1.82, 2.24) is 24.8 Å². The topological polar surface area (TPSA) is 46.0 Å². The van der Waals surface area contributed by atoms with Gasteiger partial charge in [-0.15, -0.1) is 11.3 Å². The van der Waals surface area contributed by atoms with Crippen LogP contribution >= 0.6 is 23.6 Å². The molecule has 3 aromatic heterocycles. The number of unbranched alkanes of at least 4 members (excludes halogenated alkanes) is 1. The summed E-state index contributed by atoms with van der Waals surface area (Å²) in [4.78, 5) is 11.5. The second kappa shape index (κ2) is 8.01. The molecule has 4 rings (SSSR count). The van der Waals surface area contributed by atoms with Crippen molar-refractivity contribution >= 4 is 28.7 Å². The number of nitrogens with one attached hydrogen (secondary N) is 1. The van der Waals surface area contributed by atoms with Crippen LogP contribution in [0.25, 0.3) is 5.13 Å². The molecular weight excluding hydrogens is 386 g/mol. The van der Waals surface area contributed by atoms with Crippen LogP contribution < -0.4 is 5.32 Å². The summed E-state index contributed by atoms with van der Waals surface area (Å²) in [6.07, 6.45) is 5.95. The van der Waals surface area contributed by atoms with Crippen molar-refractivity contribution in [3.05, 3.63) is 64.7 Å². The molecule has 0 bridgehead atoms. The number of nitrogens with zero attached hydrogens (tertiary/aromatic N) is 4. The average Bonchev–Trinajstić information content (AvgIpc) is 3.39. The highest BCUT2D eigenvalue weighted by Gasteiger charge is 2.41. The van der Waals surface area contributed by atoms with E-state index in [9.17, 15) is 0 Å². The van der Waals surface area contributed by atoms with Gasteiger partial charge >= 0.3 is 0 Å². The number of hydrogen-bond donors (Lipinski definition) is 1. The van der Waals surface area contributed by atoms with E-state index >= 15 is 0 Å². The van der Waals surface area contributed by atoms with Gasteiger partial charge in [0.1, 0.15) is 0 Å². The Morgan fingerprint density at radius 1 is 1.21 bits per heavy atom. The van der Waals surface area contributed by atoms with E-state index in [0.29, 0.717) is 0 Å². The van der Waals surface area contributed by atoms with E-state index in [1.54, 1.807) is 11.3 Å². The number of thiazole rings is 1. The zero-order valence-electron chi connectivity index (χ0n) is 16.4. The highest BCUT2D eigenvalue weighted by molar-refractivity contribution is 7.80. The van der Waals surface area contributed by atoms with E-state index in [2.05, 4.69) is 57.7 Å². The minimum atomic E-state index is 0.0378. The van der Waals surface area contributed by atoms with Crippen LogP contribution in [0.3, 0.4) is 0 Å². The second-order valence-corrected chi connectivity index (χ2v) is 8.41. The molecule has 0 saturated carbocycles. The van der Waals surface area contributed by atoms with Gasteiger partial charge in [-0.1, -0.05) is 19.4 Å². The van der Waals surface area contributed by atoms with Gasteiger partial charge in [0.2, 0.25) is 0 Å². The first-order valence-corrected chi connectivity index (χ1v) is 11.0. The summed E-state index contributed by atoms with van der Waals surface area (Å²) in [6, 6.07) is 8.51. The third-order valence-electron chi connectivity index (χ3n) is 5.35. The molecule has 28 heavy (non-hydrogen) atoms. The third kappa shape index (κ3) is 3.33. The molecule has 0 aromatic carbocycles. The number of rotatable bonds is 6. The van der Waals surface area contributed by atoms with Crippen LogP contribution in [0, 0.1) is 13.8 Å². The minimum Gasteiger partial charge on any atom is -0.352 e. The number of thiocarbonyl (C=S) groups is 1. The molecule has 0 amide bonds. The summed E-state index contributed by atoms with van der Waals surface area (Å²) in [6.45, 7) is 7.48. The molecule has 1 aliphatic heterocycles. The van der Waals surface area contributed by atoms with E-state index in [4.69, 9.17) is 12.2 Å². The molecule has 0 aliphatic carbocycles. The number of pyridine rings is 1. The molecule has 5 nitrogen and oxygen atoms in total. The Morgan fingerprint density at radius 3 is 2.75 bits per heavy atom. The summed E-state index contributed by atoms with van der Waals surface area (Å²) in [7, 11) is 0. The lowest BCUT2D eigenvalue weighted by molar-refractivity contribution is 0.312. The number of aromatic nitrogens is 3. The largest absolute Gasteiger partial charge is 0.352 e. The smallest absolute Gasteiger partial charge is 0.193 e. The standard InChI is InChI=1S/C21H25N5S2/c1-4-5-11-25-19(18(24-20(25)27)17-8-6-7-9-22-17)16-13-14(2)26(15(16)3)21-23-10-12-28-21/h6-10,12-13,18-19H,4-5,11H2,1-3H3,(H,24,27)/t18-,19-/m1/s1. The number of aryl methyl sites for hydroxylation is 1. The van der Waals surface area contributed by atoms with E-state index in [0.717, 1.165) is 35.3 Å². The van der Waals surface area contributed by atoms with Crippen LogP contribution in [-0.2, 0) is 0 Å². The average molecular weight is 412 g/mol. The van der Waals surface area contributed by atoms with Crippen LogP contribution in [0.4, 0.5) is 0 Å². The van der Waals surface area contributed by atoms with Gasteiger partial charge in [-0.2, -0.15) is 0 Å². The van der Waals surface area contributed by atoms with Gasteiger partial charge in [0, 0.05) is 35.7 Å². The van der Waals surface area contributed by atoms with Gasteiger partial charge < -0.3 is 10.2 Å². The molecule has 7 heteroatoms. The Hall–Kier alpha value is -2.25. The lowest BCUT2D eigenvalue weighted by atomic mass is 9.96. The lowest BCUT2D eigenvalue weighted by Gasteiger charge is -2.28. The number of hydrogen-bond acceptors (Lipinski definition) is 4. The fourth-order valence-corrected chi connectivity index (χ4v) is 5.10. The van der Waals surface area contributed by atoms with Crippen molar-refractivity contribution < 1.29 is 0 Å². The molecule has 0 radical (unpaired) electrons. The maximum absolute atomic E-state index is 5.74. The molecule has 1 N–H and O–H groups in total. The normalized spacial score (nSPS) is 19.2. The monoisotopic (exact) mass is 411 g/mol. The van der Waals surface area contributed by atoms with Gasteiger partial charge in [-0.3, -0.25) is 9.55 Å². The molecule has 3 aromatic rings. The highest BCUT2D eigenvalue weighted by atomic mass is 32.1. The maximum atomic E-state index is 5.74. The summed E-state index contributed by atoms with van der Waals surface area (Å²) in [5.74, 6) is 0. The molecule has 0 spiro atoms. The van der Waals surface area contributed by atoms with E-state index in [1.807, 2.05) is 29.9 Å². The quantitative estimate of drug-likeness (QED) is 0.595. The second-order valence-electron chi connectivity index (χ2n) is 7.15. The maximum Gasteiger partial charge on any atom is 0.193 e. The van der Waals surface area contributed by atoms with Crippen molar-refractivity contribution in [1.29, 1.82) is 0 Å². The third-order valence-corrected chi connectivity index (χ3v) is 6.46. The zero-order valence-corrected chi connectivity index (χ0v) is 18.1. The van der Waals surface area contributed by atoms with Crippen LogP contribution in [0.2, 0.25) is 0 Å². The van der Waals surface area contributed by atoms with Crippen molar-refractivity contribution in [2.45, 2.75) is 45.7 Å². The summed E-state index contributed by atoms with van der Waals surface area (Å²) in [5.41, 5.74) is 4.71. The Morgan fingerprint density at radius 2 is 2.07 bits per heavy atom. The molecule has 2 atom stereocenters. The van der Waals surface area contributed by atoms with Crippen LogP contribution in [-0.4, -0.2) is 31.1 Å². The van der Waals surface area contributed by atoms with Crippen molar-refractivity contribution in [2.24, 2.45) is 0 Å². The van der Waals surface area contributed by atoms with E-state index < -0.39 is 0 Å². The predicted octanol–water partition coefficient (Wildman–Crippen LogP) is 4.72. The molecule has 1 aliphatic rings. The highest BCUT2D eigenvalue weighted by Crippen LogP contribution is 2.41. The summed E-state index contributed by atoms with van der Waals surface area (Å²) >= 11 is 7.40. The fraction of sp³-hybridized carbons (Fsp3) is 0.381. The van der Waals surface area contributed by atoms with E-state index in [1.165, 1.54) is 17.0 Å². The first-order chi connectivity index (χ1) is 13.6. The summed E-state index contributed by atoms with van der Waals surface area (Å²) in [5, 5.41) is 7.38. The lowest BCUT2D eigenvalue weighted by Crippen LogP contribution is -2.30. The van der Waals surface area contributed by atoms with Crippen LogP contribution in [0.1, 0.15) is 54.5 Å². The summed E-state index contributed by atoms with van der Waals surface area (Å²) < 4.78 is 2.24. The molecule has 1 saturated heterocycles. The molecule has 4 heterocycles. The van der Waals surface area contributed by atoms with E-state index in [-0.39, 0.29) is 12.1 Å². The Balaban J connectivity index is 1.81. The SMILES string of the molecule is CCCCN1C(=S)N[C@H](c2ccccn2)[C@H]1c1cc(C)n(-c2nccs2)c1C. The predicted molar refractivity (Wildman–Crippen MR) is 118 cm³/mol. The van der Waals surface area contributed by atoms with Crippen LogP contribution in [0.15, 0.2) is 42.0 Å². The van der Waals surface area contributed by atoms with Gasteiger partial charge in [-0.25, -0.2) is 4.98 Å². The first kappa shape index (κ1) is 19.1. The minimum absolute atomic E-state index is 0.0378. The molecule has 146 valence electrons. The molecular formula is C21H25N5S2.